The smallest absolute Gasteiger partial charge is 0.0240 e. The molecular weight excluding hydrogens is 256 g/mol. The van der Waals surface area contributed by atoms with Gasteiger partial charge in [0.25, 0.3) is 0 Å². The number of benzene rings is 2. The molecule has 2 aromatic rings. The third-order valence-electron chi connectivity index (χ3n) is 4.84. The van der Waals surface area contributed by atoms with Crippen molar-refractivity contribution in [3.63, 3.8) is 0 Å². The lowest BCUT2D eigenvalue weighted by molar-refractivity contribution is 0.244. The van der Waals surface area contributed by atoms with Crippen LogP contribution < -0.4 is 5.32 Å². The van der Waals surface area contributed by atoms with E-state index in [1.54, 1.807) is 5.56 Å². The van der Waals surface area contributed by atoms with E-state index in [0.29, 0.717) is 0 Å². The van der Waals surface area contributed by atoms with Gasteiger partial charge in [-0.05, 0) is 47.2 Å². The standard InChI is InChI=1S/C19H22N2/c1-2-5-17-13-21(11-9-15(17)4-1)14-18-7-3-6-16-12-20-10-8-19(16)18/h1-7,20H,8-14H2. The molecule has 0 saturated carbocycles. The molecule has 21 heavy (non-hydrogen) atoms. The maximum atomic E-state index is 3.47. The zero-order valence-electron chi connectivity index (χ0n) is 12.4. The maximum Gasteiger partial charge on any atom is 0.0240 e. The molecule has 108 valence electrons. The van der Waals surface area contributed by atoms with Crippen LogP contribution in [0.5, 0.6) is 0 Å². The maximum absolute atomic E-state index is 3.47. The summed E-state index contributed by atoms with van der Waals surface area (Å²) < 4.78 is 0. The lowest BCUT2D eigenvalue weighted by atomic mass is 9.94. The number of hydrogen-bond donors (Lipinski definition) is 1. The molecule has 0 radical (unpaired) electrons. The van der Waals surface area contributed by atoms with Crippen molar-refractivity contribution in [2.45, 2.75) is 32.5 Å². The second-order valence-corrected chi connectivity index (χ2v) is 6.21. The Balaban J connectivity index is 1.55. The normalized spacial score (nSPS) is 18.1. The van der Waals surface area contributed by atoms with Crippen LogP contribution >= 0.6 is 0 Å². The van der Waals surface area contributed by atoms with E-state index < -0.39 is 0 Å². The van der Waals surface area contributed by atoms with Gasteiger partial charge in [-0.15, -0.1) is 0 Å². The van der Waals surface area contributed by atoms with Crippen molar-refractivity contribution in [1.82, 2.24) is 10.2 Å². The van der Waals surface area contributed by atoms with Gasteiger partial charge in [0.1, 0.15) is 0 Å². The van der Waals surface area contributed by atoms with Gasteiger partial charge in [0.15, 0.2) is 0 Å². The van der Waals surface area contributed by atoms with Crippen LogP contribution in [-0.2, 0) is 32.5 Å². The van der Waals surface area contributed by atoms with Gasteiger partial charge in [0.05, 0.1) is 0 Å². The Morgan fingerprint density at radius 3 is 2.71 bits per heavy atom. The molecule has 2 aliphatic rings. The Bertz CT molecular complexity index is 648. The van der Waals surface area contributed by atoms with Gasteiger partial charge in [-0.25, -0.2) is 0 Å². The van der Waals surface area contributed by atoms with Gasteiger partial charge in [0.2, 0.25) is 0 Å². The van der Waals surface area contributed by atoms with Crippen LogP contribution in [0, 0.1) is 0 Å². The highest BCUT2D eigenvalue weighted by Gasteiger charge is 2.18. The number of rotatable bonds is 2. The van der Waals surface area contributed by atoms with E-state index in [9.17, 15) is 0 Å². The van der Waals surface area contributed by atoms with Crippen LogP contribution in [0.1, 0.15) is 27.8 Å². The fourth-order valence-corrected chi connectivity index (χ4v) is 3.69. The third kappa shape index (κ3) is 2.61. The molecule has 4 rings (SSSR count). The van der Waals surface area contributed by atoms with Gasteiger partial charge < -0.3 is 5.32 Å². The summed E-state index contributed by atoms with van der Waals surface area (Å²) in [5.41, 5.74) is 7.67. The Hall–Kier alpha value is -1.64. The van der Waals surface area contributed by atoms with Crippen molar-refractivity contribution in [3.05, 3.63) is 70.3 Å². The fourth-order valence-electron chi connectivity index (χ4n) is 3.69. The number of fused-ring (bicyclic) bond motifs is 2. The minimum atomic E-state index is 1.03. The summed E-state index contributed by atoms with van der Waals surface area (Å²) in [5.74, 6) is 0. The van der Waals surface area contributed by atoms with Gasteiger partial charge in [-0.1, -0.05) is 42.5 Å². The average Bonchev–Trinajstić information content (AvgIpc) is 2.55. The SMILES string of the molecule is c1ccc2c(c1)CCN(Cc1cccc3c1CCNC3)C2. The second-order valence-electron chi connectivity index (χ2n) is 6.21. The highest BCUT2D eigenvalue weighted by atomic mass is 15.1. The molecular formula is C19H22N2. The Labute approximate surface area is 126 Å². The molecule has 0 atom stereocenters. The van der Waals surface area contributed by atoms with Crippen molar-refractivity contribution in [1.29, 1.82) is 0 Å². The van der Waals surface area contributed by atoms with Gasteiger partial charge in [-0.2, -0.15) is 0 Å². The van der Waals surface area contributed by atoms with E-state index in [1.165, 1.54) is 41.6 Å². The largest absolute Gasteiger partial charge is 0.312 e. The van der Waals surface area contributed by atoms with E-state index in [-0.39, 0.29) is 0 Å². The molecule has 2 aromatic carbocycles. The first-order chi connectivity index (χ1) is 10.4. The van der Waals surface area contributed by atoms with E-state index in [4.69, 9.17) is 0 Å². The summed E-state index contributed by atoms with van der Waals surface area (Å²) in [7, 11) is 0. The van der Waals surface area contributed by atoms with Crippen molar-refractivity contribution < 1.29 is 0 Å². The molecule has 2 heterocycles. The monoisotopic (exact) mass is 278 g/mol. The Morgan fingerprint density at radius 1 is 0.905 bits per heavy atom. The average molecular weight is 278 g/mol. The highest BCUT2D eigenvalue weighted by Crippen LogP contribution is 2.24. The number of nitrogens with zero attached hydrogens (tertiary/aromatic N) is 1. The van der Waals surface area contributed by atoms with Crippen LogP contribution in [0.2, 0.25) is 0 Å². The third-order valence-corrected chi connectivity index (χ3v) is 4.84. The molecule has 2 nitrogen and oxygen atoms in total. The molecule has 0 fully saturated rings. The van der Waals surface area contributed by atoms with Crippen LogP contribution in [0.4, 0.5) is 0 Å². The Morgan fingerprint density at radius 2 is 1.76 bits per heavy atom. The summed E-state index contributed by atoms with van der Waals surface area (Å²) >= 11 is 0. The molecule has 0 aromatic heterocycles. The van der Waals surface area contributed by atoms with Crippen molar-refractivity contribution in [2.24, 2.45) is 0 Å². The summed E-state index contributed by atoms with van der Waals surface area (Å²) in [6.07, 6.45) is 2.36. The minimum absolute atomic E-state index is 1.03. The van der Waals surface area contributed by atoms with Gasteiger partial charge >= 0.3 is 0 Å². The van der Waals surface area contributed by atoms with Crippen LogP contribution in [0.3, 0.4) is 0 Å². The predicted molar refractivity (Wildman–Crippen MR) is 86.1 cm³/mol. The second kappa shape index (κ2) is 5.63. The van der Waals surface area contributed by atoms with Crippen molar-refractivity contribution in [3.8, 4) is 0 Å². The summed E-state index contributed by atoms with van der Waals surface area (Å²) in [6, 6.07) is 15.7. The summed E-state index contributed by atoms with van der Waals surface area (Å²) in [5, 5.41) is 3.47. The lowest BCUT2D eigenvalue weighted by Gasteiger charge is -2.30. The summed E-state index contributed by atoms with van der Waals surface area (Å²) in [6.45, 7) is 5.52. The fraction of sp³-hybridized carbons (Fsp3) is 0.368. The van der Waals surface area contributed by atoms with Crippen LogP contribution in [-0.4, -0.2) is 18.0 Å². The summed E-state index contributed by atoms with van der Waals surface area (Å²) in [4.78, 5) is 2.60. The van der Waals surface area contributed by atoms with Gasteiger partial charge in [0, 0.05) is 26.2 Å². The first kappa shape index (κ1) is 13.1. The molecule has 2 aliphatic heterocycles. The molecule has 0 bridgehead atoms. The molecule has 0 spiro atoms. The van der Waals surface area contributed by atoms with Crippen molar-refractivity contribution >= 4 is 0 Å². The molecule has 2 heteroatoms. The molecule has 0 unspecified atom stereocenters. The first-order valence-corrected chi connectivity index (χ1v) is 7.99. The first-order valence-electron chi connectivity index (χ1n) is 7.99. The minimum Gasteiger partial charge on any atom is -0.312 e. The Kier molecular flexibility index (Phi) is 3.50. The molecule has 0 saturated heterocycles. The molecule has 0 aliphatic carbocycles. The van der Waals surface area contributed by atoms with Crippen LogP contribution in [0.15, 0.2) is 42.5 Å². The van der Waals surface area contributed by atoms with Gasteiger partial charge in [-0.3, -0.25) is 4.90 Å². The van der Waals surface area contributed by atoms with E-state index in [1.807, 2.05) is 0 Å². The highest BCUT2D eigenvalue weighted by molar-refractivity contribution is 5.37. The van der Waals surface area contributed by atoms with Crippen LogP contribution in [0.25, 0.3) is 0 Å². The predicted octanol–water partition coefficient (Wildman–Crippen LogP) is 2.89. The topological polar surface area (TPSA) is 15.3 Å². The zero-order chi connectivity index (χ0) is 14.1. The quantitative estimate of drug-likeness (QED) is 0.908. The molecule has 0 amide bonds. The number of nitrogens with one attached hydrogen (secondary N) is 1. The zero-order valence-corrected chi connectivity index (χ0v) is 12.4. The van der Waals surface area contributed by atoms with Crippen molar-refractivity contribution in [2.75, 3.05) is 13.1 Å². The van der Waals surface area contributed by atoms with E-state index in [2.05, 4.69) is 52.7 Å². The molecule has 1 N–H and O–H groups in total. The lowest BCUT2D eigenvalue weighted by Crippen LogP contribution is -2.31. The number of hydrogen-bond acceptors (Lipinski definition) is 2. The van der Waals surface area contributed by atoms with E-state index >= 15 is 0 Å². The van der Waals surface area contributed by atoms with E-state index in [0.717, 1.165) is 26.2 Å².